The quantitative estimate of drug-likeness (QED) is 0.898. The summed E-state index contributed by atoms with van der Waals surface area (Å²) in [7, 11) is -3.91. The maximum atomic E-state index is 13.1. The van der Waals surface area contributed by atoms with E-state index < -0.39 is 27.3 Å². The molecule has 0 aliphatic carbocycles. The van der Waals surface area contributed by atoms with Crippen LogP contribution in [0.3, 0.4) is 0 Å². The molecule has 19 heavy (non-hydrogen) atoms. The maximum Gasteiger partial charge on any atom is 0.243 e. The van der Waals surface area contributed by atoms with Gasteiger partial charge in [0.05, 0.1) is 10.5 Å². The molecular weight excluding hydrogens is 276 g/mol. The lowest BCUT2D eigenvalue weighted by Crippen LogP contribution is -2.48. The Hall–Kier alpha value is -1.05. The van der Waals surface area contributed by atoms with Gasteiger partial charge in [-0.1, -0.05) is 0 Å². The first-order valence-corrected chi connectivity index (χ1v) is 7.34. The van der Waals surface area contributed by atoms with Gasteiger partial charge >= 0.3 is 0 Å². The van der Waals surface area contributed by atoms with Gasteiger partial charge in [-0.05, 0) is 38.0 Å². The Morgan fingerprint density at radius 1 is 1.32 bits per heavy atom. The van der Waals surface area contributed by atoms with Crippen LogP contribution in [0.25, 0.3) is 0 Å². The van der Waals surface area contributed by atoms with E-state index in [1.54, 1.807) is 6.92 Å². The van der Waals surface area contributed by atoms with Crippen LogP contribution in [-0.4, -0.2) is 36.5 Å². The number of piperidine rings is 1. The average molecular weight is 291 g/mol. The smallest absolute Gasteiger partial charge is 0.243 e. The molecule has 0 radical (unpaired) electrons. The number of benzene rings is 1. The van der Waals surface area contributed by atoms with Gasteiger partial charge in [0.15, 0.2) is 11.6 Å². The number of aliphatic hydroxyl groups is 1. The van der Waals surface area contributed by atoms with E-state index in [9.17, 15) is 22.3 Å². The molecule has 1 aromatic carbocycles. The van der Waals surface area contributed by atoms with Crippen LogP contribution in [0.4, 0.5) is 8.78 Å². The number of halogens is 2. The number of hydrogen-bond donors (Lipinski definition) is 1. The number of rotatable bonds is 2. The number of sulfonamides is 1. The largest absolute Gasteiger partial charge is 0.389 e. The zero-order valence-corrected chi connectivity index (χ0v) is 11.3. The highest BCUT2D eigenvalue weighted by Crippen LogP contribution is 2.26. The summed E-state index contributed by atoms with van der Waals surface area (Å²) in [6.45, 7) is 1.77. The van der Waals surface area contributed by atoms with Crippen molar-refractivity contribution in [3.05, 3.63) is 29.8 Å². The Labute approximate surface area is 110 Å². The normalized spacial score (nSPS) is 25.5. The van der Waals surface area contributed by atoms with Crippen molar-refractivity contribution in [2.45, 2.75) is 30.3 Å². The van der Waals surface area contributed by atoms with Gasteiger partial charge < -0.3 is 5.11 Å². The molecule has 1 unspecified atom stereocenters. The molecule has 0 aromatic heterocycles. The van der Waals surface area contributed by atoms with Crippen LogP contribution in [0, 0.1) is 11.6 Å². The zero-order valence-electron chi connectivity index (χ0n) is 10.4. The van der Waals surface area contributed by atoms with Gasteiger partial charge in [0.25, 0.3) is 0 Å². The molecule has 1 aliphatic heterocycles. The van der Waals surface area contributed by atoms with E-state index in [0.29, 0.717) is 18.9 Å². The third-order valence-electron chi connectivity index (χ3n) is 3.17. The van der Waals surface area contributed by atoms with Crippen molar-refractivity contribution in [2.75, 3.05) is 13.1 Å². The molecule has 0 bridgehead atoms. The summed E-state index contributed by atoms with van der Waals surface area (Å²) in [6.07, 6.45) is 1.03. The van der Waals surface area contributed by atoms with Crippen molar-refractivity contribution in [1.82, 2.24) is 4.31 Å². The minimum absolute atomic E-state index is 0.0473. The predicted octanol–water partition coefficient (Wildman–Crippen LogP) is 1.50. The summed E-state index contributed by atoms with van der Waals surface area (Å²) in [4.78, 5) is -0.302. The van der Waals surface area contributed by atoms with E-state index >= 15 is 0 Å². The summed E-state index contributed by atoms with van der Waals surface area (Å²) >= 11 is 0. The highest BCUT2D eigenvalue weighted by molar-refractivity contribution is 7.89. The summed E-state index contributed by atoms with van der Waals surface area (Å²) in [5.41, 5.74) is -1.09. The fourth-order valence-electron chi connectivity index (χ4n) is 2.17. The molecule has 1 atom stereocenters. The van der Waals surface area contributed by atoms with E-state index in [1.807, 2.05) is 0 Å². The predicted molar refractivity (Wildman–Crippen MR) is 65.0 cm³/mol. The molecule has 106 valence electrons. The van der Waals surface area contributed by atoms with Crippen LogP contribution in [-0.2, 0) is 10.0 Å². The summed E-state index contributed by atoms with van der Waals surface area (Å²) < 4.78 is 51.6. The monoisotopic (exact) mass is 291 g/mol. The molecule has 1 aromatic rings. The van der Waals surface area contributed by atoms with Crippen LogP contribution in [0.15, 0.2) is 23.1 Å². The number of hydrogen-bond acceptors (Lipinski definition) is 3. The van der Waals surface area contributed by atoms with Crippen LogP contribution < -0.4 is 0 Å². The van der Waals surface area contributed by atoms with Crippen molar-refractivity contribution in [3.63, 3.8) is 0 Å². The van der Waals surface area contributed by atoms with Crippen molar-refractivity contribution in [3.8, 4) is 0 Å². The molecule has 7 heteroatoms. The minimum Gasteiger partial charge on any atom is -0.389 e. The molecule has 4 nitrogen and oxygen atoms in total. The zero-order chi connectivity index (χ0) is 14.3. The van der Waals surface area contributed by atoms with Crippen molar-refractivity contribution in [2.24, 2.45) is 0 Å². The molecule has 1 aliphatic rings. The van der Waals surface area contributed by atoms with Crippen molar-refractivity contribution in [1.29, 1.82) is 0 Å². The first-order valence-electron chi connectivity index (χ1n) is 5.90. The standard InChI is InChI=1S/C12H15F2NO3S/c1-12(16)5-2-6-15(8-12)19(17,18)9-3-4-10(13)11(14)7-9/h3-4,7,16H,2,5-6,8H2,1H3. The molecule has 0 saturated carbocycles. The first kappa shape index (κ1) is 14.4. The Balaban J connectivity index is 2.34. The second-order valence-electron chi connectivity index (χ2n) is 5.02. The van der Waals surface area contributed by atoms with Crippen LogP contribution in [0.5, 0.6) is 0 Å². The van der Waals surface area contributed by atoms with Crippen LogP contribution in [0.1, 0.15) is 19.8 Å². The van der Waals surface area contributed by atoms with Crippen molar-refractivity contribution >= 4 is 10.0 Å². The van der Waals surface area contributed by atoms with Crippen molar-refractivity contribution < 1.29 is 22.3 Å². The van der Waals surface area contributed by atoms with Gasteiger partial charge in [-0.25, -0.2) is 17.2 Å². The molecule has 1 saturated heterocycles. The van der Waals surface area contributed by atoms with Crippen LogP contribution in [0.2, 0.25) is 0 Å². The van der Waals surface area contributed by atoms with E-state index in [4.69, 9.17) is 0 Å². The Morgan fingerprint density at radius 2 is 2.00 bits per heavy atom. The molecular formula is C12H15F2NO3S. The minimum atomic E-state index is -3.91. The van der Waals surface area contributed by atoms with E-state index in [2.05, 4.69) is 0 Å². The topological polar surface area (TPSA) is 57.6 Å². The molecule has 2 rings (SSSR count). The third kappa shape index (κ3) is 2.93. The molecule has 1 fully saturated rings. The highest BCUT2D eigenvalue weighted by atomic mass is 32.2. The van der Waals surface area contributed by atoms with E-state index in [0.717, 1.165) is 16.4 Å². The third-order valence-corrected chi connectivity index (χ3v) is 5.01. The number of β-amino-alcohol motifs (C(OH)–C–C–N with tert-alkyl or cyclic N) is 1. The molecule has 1 N–H and O–H groups in total. The lowest BCUT2D eigenvalue weighted by atomic mass is 9.97. The average Bonchev–Trinajstić information content (AvgIpc) is 2.31. The van der Waals surface area contributed by atoms with Gasteiger partial charge in [-0.2, -0.15) is 4.31 Å². The molecule has 0 spiro atoms. The molecule has 1 heterocycles. The van der Waals surface area contributed by atoms with Gasteiger partial charge in [0.2, 0.25) is 10.0 Å². The van der Waals surface area contributed by atoms with Crippen LogP contribution >= 0.6 is 0 Å². The van der Waals surface area contributed by atoms with Gasteiger partial charge in [0, 0.05) is 13.1 Å². The van der Waals surface area contributed by atoms with E-state index in [1.165, 1.54) is 0 Å². The maximum absolute atomic E-state index is 13.1. The lowest BCUT2D eigenvalue weighted by molar-refractivity contribution is 0.00939. The summed E-state index contributed by atoms with van der Waals surface area (Å²) in [5, 5.41) is 9.91. The van der Waals surface area contributed by atoms with Gasteiger partial charge in [0.1, 0.15) is 0 Å². The summed E-state index contributed by atoms with van der Waals surface area (Å²) in [6, 6.07) is 2.47. The molecule has 0 amide bonds. The Bertz CT molecular complexity index is 587. The fraction of sp³-hybridized carbons (Fsp3) is 0.500. The lowest BCUT2D eigenvalue weighted by Gasteiger charge is -2.35. The highest BCUT2D eigenvalue weighted by Gasteiger charge is 2.35. The second-order valence-corrected chi connectivity index (χ2v) is 6.95. The Kier molecular flexibility index (Phi) is 3.63. The summed E-state index contributed by atoms with van der Waals surface area (Å²) in [5.74, 6) is -2.30. The van der Waals surface area contributed by atoms with Gasteiger partial charge in [-0.15, -0.1) is 0 Å². The van der Waals surface area contributed by atoms with Gasteiger partial charge in [-0.3, -0.25) is 0 Å². The SMILES string of the molecule is CC1(O)CCCN(S(=O)(=O)c2ccc(F)c(F)c2)C1. The fourth-order valence-corrected chi connectivity index (χ4v) is 3.77. The number of nitrogens with zero attached hydrogens (tertiary/aromatic N) is 1. The Morgan fingerprint density at radius 3 is 2.58 bits per heavy atom. The first-order chi connectivity index (χ1) is 8.72. The second kappa shape index (κ2) is 4.81. The van der Waals surface area contributed by atoms with E-state index in [-0.39, 0.29) is 18.0 Å².